The molecular weight excluding hydrogens is 445 g/mol. The number of aliphatic carboxylic acids is 1. The second-order valence-corrected chi connectivity index (χ2v) is 7.45. The van der Waals surface area contributed by atoms with Crippen molar-refractivity contribution in [1.29, 1.82) is 0 Å². The summed E-state index contributed by atoms with van der Waals surface area (Å²) < 4.78 is 1.59. The number of benzene rings is 1. The van der Waals surface area contributed by atoms with Crippen LogP contribution < -0.4 is 5.32 Å². The van der Waals surface area contributed by atoms with E-state index in [-0.39, 0.29) is 5.91 Å². The van der Waals surface area contributed by atoms with Crippen LogP contribution in [0.3, 0.4) is 0 Å². The quantitative estimate of drug-likeness (QED) is 0.688. The largest absolute Gasteiger partial charge is 0.479 e. The van der Waals surface area contributed by atoms with Gasteiger partial charge in [0.25, 0.3) is 5.91 Å². The first-order valence-corrected chi connectivity index (χ1v) is 8.56. The van der Waals surface area contributed by atoms with E-state index < -0.39 is 11.5 Å². The predicted octanol–water partition coefficient (Wildman–Crippen LogP) is 2.74. The van der Waals surface area contributed by atoms with Gasteiger partial charge in [-0.3, -0.25) is 4.79 Å². The molecule has 1 aliphatic rings. The van der Waals surface area contributed by atoms with Crippen LogP contribution in [-0.4, -0.2) is 34.0 Å². The average Bonchev–Trinajstić information content (AvgIpc) is 2.82. The molecule has 0 aliphatic carbocycles. The molecule has 0 aromatic heterocycles. The van der Waals surface area contributed by atoms with Gasteiger partial charge in [-0.25, -0.2) is 4.79 Å². The molecular formula is C12H11BrINO3S. The third kappa shape index (κ3) is 3.25. The van der Waals surface area contributed by atoms with Gasteiger partial charge in [0.05, 0.1) is 5.56 Å². The molecule has 0 spiro atoms. The van der Waals surface area contributed by atoms with Gasteiger partial charge >= 0.3 is 5.97 Å². The Hall–Kier alpha value is -0.280. The van der Waals surface area contributed by atoms with Crippen molar-refractivity contribution in [2.45, 2.75) is 12.0 Å². The lowest BCUT2D eigenvalue weighted by Gasteiger charge is -2.24. The van der Waals surface area contributed by atoms with Crippen LogP contribution in [0.2, 0.25) is 0 Å². The molecule has 1 aromatic rings. The highest BCUT2D eigenvalue weighted by molar-refractivity contribution is 14.1. The molecule has 0 bridgehead atoms. The lowest BCUT2D eigenvalue weighted by atomic mass is 9.98. The standard InChI is InChI=1S/C12H11BrINO3S/c13-7-1-2-9(14)8(5-7)10(16)15-12(11(17)18)3-4-19-6-12/h1-2,5H,3-4,6H2,(H,15,16)(H,17,18). The number of carboxylic acid groups (broad SMARTS) is 1. The van der Waals surface area contributed by atoms with Crippen LogP contribution in [0.4, 0.5) is 0 Å². The number of carbonyl (C=O) groups excluding carboxylic acids is 1. The minimum atomic E-state index is -1.13. The molecule has 7 heteroatoms. The van der Waals surface area contributed by atoms with Crippen LogP contribution in [0.1, 0.15) is 16.8 Å². The number of hydrogen-bond acceptors (Lipinski definition) is 3. The van der Waals surface area contributed by atoms with Gasteiger partial charge in [0.15, 0.2) is 0 Å². The first kappa shape index (κ1) is 15.1. The fourth-order valence-electron chi connectivity index (χ4n) is 1.84. The van der Waals surface area contributed by atoms with E-state index in [4.69, 9.17) is 0 Å². The molecule has 1 saturated heterocycles. The fraction of sp³-hybridized carbons (Fsp3) is 0.333. The van der Waals surface area contributed by atoms with Crippen molar-refractivity contribution in [1.82, 2.24) is 5.32 Å². The Kier molecular flexibility index (Phi) is 4.78. The van der Waals surface area contributed by atoms with Crippen LogP contribution >= 0.6 is 50.3 Å². The molecule has 1 unspecified atom stereocenters. The summed E-state index contributed by atoms with van der Waals surface area (Å²) in [5.41, 5.74) is -0.639. The summed E-state index contributed by atoms with van der Waals surface area (Å²) in [4.78, 5) is 23.7. The van der Waals surface area contributed by atoms with Crippen molar-refractivity contribution in [3.63, 3.8) is 0 Å². The summed E-state index contributed by atoms with van der Waals surface area (Å²) in [6, 6.07) is 5.36. The maximum Gasteiger partial charge on any atom is 0.330 e. The third-order valence-corrected chi connectivity index (χ3v) is 5.58. The molecule has 1 aliphatic heterocycles. The second-order valence-electron chi connectivity index (χ2n) is 4.27. The number of rotatable bonds is 3. The molecule has 19 heavy (non-hydrogen) atoms. The molecule has 1 amide bonds. The number of carbonyl (C=O) groups is 2. The summed E-state index contributed by atoms with van der Waals surface area (Å²) in [6.45, 7) is 0. The lowest BCUT2D eigenvalue weighted by Crippen LogP contribution is -2.54. The second kappa shape index (κ2) is 6.01. The smallest absolute Gasteiger partial charge is 0.330 e. The molecule has 1 atom stereocenters. The van der Waals surface area contributed by atoms with E-state index in [0.29, 0.717) is 17.7 Å². The van der Waals surface area contributed by atoms with Gasteiger partial charge in [0.1, 0.15) is 5.54 Å². The molecule has 1 heterocycles. The van der Waals surface area contributed by atoms with Gasteiger partial charge in [0.2, 0.25) is 0 Å². The number of halogens is 2. The Labute approximate surface area is 137 Å². The van der Waals surface area contributed by atoms with Gasteiger partial charge in [-0.1, -0.05) is 15.9 Å². The van der Waals surface area contributed by atoms with Crippen LogP contribution in [0.15, 0.2) is 22.7 Å². The Morgan fingerprint density at radius 1 is 1.47 bits per heavy atom. The molecule has 0 radical (unpaired) electrons. The van der Waals surface area contributed by atoms with E-state index in [2.05, 4.69) is 43.8 Å². The van der Waals surface area contributed by atoms with Crippen molar-refractivity contribution in [3.05, 3.63) is 31.8 Å². The minimum absolute atomic E-state index is 0.337. The van der Waals surface area contributed by atoms with Crippen molar-refractivity contribution in [2.24, 2.45) is 0 Å². The van der Waals surface area contributed by atoms with E-state index in [1.807, 2.05) is 12.1 Å². The number of amides is 1. The molecule has 2 rings (SSSR count). The summed E-state index contributed by atoms with van der Waals surface area (Å²) in [6.07, 6.45) is 0.462. The maximum atomic E-state index is 12.3. The first-order chi connectivity index (χ1) is 8.94. The Balaban J connectivity index is 2.25. The van der Waals surface area contributed by atoms with E-state index in [1.54, 1.807) is 17.8 Å². The van der Waals surface area contributed by atoms with Crippen LogP contribution in [0.5, 0.6) is 0 Å². The maximum absolute atomic E-state index is 12.3. The fourth-order valence-corrected chi connectivity index (χ4v) is 4.11. The molecule has 1 aromatic carbocycles. The van der Waals surface area contributed by atoms with Crippen molar-refractivity contribution < 1.29 is 14.7 Å². The van der Waals surface area contributed by atoms with E-state index in [9.17, 15) is 14.7 Å². The van der Waals surface area contributed by atoms with E-state index in [0.717, 1.165) is 13.8 Å². The molecule has 2 N–H and O–H groups in total. The Morgan fingerprint density at radius 2 is 2.21 bits per heavy atom. The monoisotopic (exact) mass is 455 g/mol. The first-order valence-electron chi connectivity index (χ1n) is 5.53. The highest BCUT2D eigenvalue weighted by Crippen LogP contribution is 2.29. The van der Waals surface area contributed by atoms with Crippen LogP contribution in [0.25, 0.3) is 0 Å². The Bertz CT molecular complexity index is 532. The van der Waals surface area contributed by atoms with Crippen LogP contribution in [-0.2, 0) is 4.79 Å². The summed E-state index contributed by atoms with van der Waals surface area (Å²) in [5, 5.41) is 12.0. The highest BCUT2D eigenvalue weighted by Gasteiger charge is 2.43. The topological polar surface area (TPSA) is 66.4 Å². The van der Waals surface area contributed by atoms with Crippen molar-refractivity contribution in [3.8, 4) is 0 Å². The zero-order valence-corrected chi connectivity index (χ0v) is 14.3. The third-order valence-electron chi connectivity index (χ3n) is 2.96. The average molecular weight is 456 g/mol. The summed E-state index contributed by atoms with van der Waals surface area (Å²) in [5.74, 6) is -0.132. The zero-order chi connectivity index (χ0) is 14.0. The van der Waals surface area contributed by atoms with Gasteiger partial charge in [-0.05, 0) is 53.0 Å². The minimum Gasteiger partial charge on any atom is -0.479 e. The SMILES string of the molecule is O=C(NC1(C(=O)O)CCSC1)c1cc(Br)ccc1I. The summed E-state index contributed by atoms with van der Waals surface area (Å²) in [7, 11) is 0. The van der Waals surface area contributed by atoms with E-state index in [1.165, 1.54) is 0 Å². The number of carboxylic acids is 1. The summed E-state index contributed by atoms with van der Waals surface area (Å²) >= 11 is 6.93. The number of hydrogen-bond donors (Lipinski definition) is 2. The highest BCUT2D eigenvalue weighted by atomic mass is 127. The zero-order valence-electron chi connectivity index (χ0n) is 9.78. The van der Waals surface area contributed by atoms with Gasteiger partial charge in [0, 0.05) is 13.8 Å². The number of thioether (sulfide) groups is 1. The van der Waals surface area contributed by atoms with E-state index >= 15 is 0 Å². The number of nitrogens with one attached hydrogen (secondary N) is 1. The molecule has 4 nitrogen and oxygen atoms in total. The molecule has 102 valence electrons. The van der Waals surface area contributed by atoms with Crippen LogP contribution in [0, 0.1) is 3.57 Å². The molecule has 0 saturated carbocycles. The van der Waals surface area contributed by atoms with Crippen molar-refractivity contribution in [2.75, 3.05) is 11.5 Å². The lowest BCUT2D eigenvalue weighted by molar-refractivity contribution is -0.143. The predicted molar refractivity (Wildman–Crippen MR) is 86.6 cm³/mol. The van der Waals surface area contributed by atoms with Gasteiger partial charge in [-0.2, -0.15) is 11.8 Å². The van der Waals surface area contributed by atoms with Gasteiger partial charge < -0.3 is 10.4 Å². The van der Waals surface area contributed by atoms with Crippen molar-refractivity contribution >= 4 is 62.2 Å². The Morgan fingerprint density at radius 3 is 2.79 bits per heavy atom. The van der Waals surface area contributed by atoms with Gasteiger partial charge in [-0.15, -0.1) is 0 Å². The molecule has 1 fully saturated rings. The normalized spacial score (nSPS) is 22.2.